The summed E-state index contributed by atoms with van der Waals surface area (Å²) in [6, 6.07) is 14.1. The van der Waals surface area contributed by atoms with Crippen molar-refractivity contribution < 1.29 is 14.3 Å². The van der Waals surface area contributed by atoms with E-state index in [1.54, 1.807) is 49.4 Å². The Morgan fingerprint density at radius 3 is 2.56 bits per heavy atom. The topological polar surface area (TPSA) is 46.6 Å². The van der Waals surface area contributed by atoms with Gasteiger partial charge in [0.15, 0.2) is 0 Å². The van der Waals surface area contributed by atoms with Crippen LogP contribution < -0.4 is 4.90 Å². The quantitative estimate of drug-likeness (QED) is 0.721. The molecule has 0 atom stereocenters. The molecule has 1 amide bonds. The maximum Gasteiger partial charge on any atom is 0.419 e. The minimum atomic E-state index is -0.606. The number of ether oxygens (including phenoxy) is 1. The Morgan fingerprint density at radius 2 is 1.80 bits per heavy atom. The third-order valence-electron chi connectivity index (χ3n) is 3.75. The average molecular weight is 354 g/mol. The van der Waals surface area contributed by atoms with Crippen molar-refractivity contribution in [2.75, 3.05) is 11.5 Å². The van der Waals surface area contributed by atoms with E-state index in [4.69, 9.17) is 16.3 Å². The smallest absolute Gasteiger partial charge is 0.419 e. The van der Waals surface area contributed by atoms with E-state index in [1.807, 2.05) is 24.3 Å². The van der Waals surface area contributed by atoms with Crippen LogP contribution in [0.2, 0.25) is 5.02 Å². The number of benzene rings is 2. The highest BCUT2D eigenvalue weighted by Gasteiger charge is 2.30. The van der Waals surface area contributed by atoms with Crippen molar-refractivity contribution in [1.82, 2.24) is 0 Å². The molecule has 0 fully saturated rings. The first-order chi connectivity index (χ1) is 12.1. The second kappa shape index (κ2) is 7.36. The Labute approximate surface area is 151 Å². The molecule has 1 aliphatic rings. The molecule has 0 bridgehead atoms. The number of para-hydroxylation sites is 1. The maximum atomic E-state index is 13.1. The fourth-order valence-electron chi connectivity index (χ4n) is 2.62. The second-order valence-electron chi connectivity index (χ2n) is 5.31. The molecular formula is C20H16ClNO3. The number of anilines is 1. The lowest BCUT2D eigenvalue weighted by Crippen LogP contribution is -2.34. The highest BCUT2D eigenvalue weighted by Crippen LogP contribution is 2.31. The van der Waals surface area contributed by atoms with Crippen LogP contribution in [0.25, 0.3) is 6.08 Å². The van der Waals surface area contributed by atoms with Crippen molar-refractivity contribution in [3.05, 3.63) is 82.5 Å². The van der Waals surface area contributed by atoms with Gasteiger partial charge in [-0.25, -0.2) is 9.69 Å². The van der Waals surface area contributed by atoms with Gasteiger partial charge in [-0.05, 0) is 36.8 Å². The molecule has 2 aromatic carbocycles. The van der Waals surface area contributed by atoms with Crippen molar-refractivity contribution in [2.45, 2.75) is 6.92 Å². The Balaban J connectivity index is 2.12. The van der Waals surface area contributed by atoms with E-state index in [0.29, 0.717) is 16.3 Å². The van der Waals surface area contributed by atoms with E-state index in [9.17, 15) is 9.59 Å². The monoisotopic (exact) mass is 353 g/mol. The first kappa shape index (κ1) is 17.0. The molecule has 0 N–H and O–H groups in total. The lowest BCUT2D eigenvalue weighted by Gasteiger charge is -2.24. The molecule has 5 heteroatoms. The zero-order valence-electron chi connectivity index (χ0n) is 13.6. The lowest BCUT2D eigenvalue weighted by molar-refractivity contribution is 0.102. The summed E-state index contributed by atoms with van der Waals surface area (Å²) in [5.74, 6) is -0.347. The third-order valence-corrected chi connectivity index (χ3v) is 4.08. The number of amides is 1. The Morgan fingerprint density at radius 1 is 1.08 bits per heavy atom. The molecule has 1 heterocycles. The number of fused-ring (bicyclic) bond motifs is 1. The number of carbonyl (C=O) groups excluding carboxylic acids is 2. The molecule has 0 saturated heterocycles. The normalized spacial score (nSPS) is 12.9. The number of nitrogens with zero attached hydrogens (tertiary/aromatic N) is 1. The first-order valence-corrected chi connectivity index (χ1v) is 8.24. The van der Waals surface area contributed by atoms with Crippen LogP contribution in [0.15, 0.2) is 66.4 Å². The number of hydrogen-bond acceptors (Lipinski definition) is 3. The van der Waals surface area contributed by atoms with Crippen molar-refractivity contribution >= 4 is 35.2 Å². The standard InChI is InChI=1S/C20H16ClNO3/c1-2-25-20(24)22-17-12-6-3-8-14(17)9-7-13-18(22)19(23)15-10-4-5-11-16(15)21/h3-13H,2H2,1H3. The zero-order chi connectivity index (χ0) is 17.8. The average Bonchev–Trinajstić information content (AvgIpc) is 2.81. The zero-order valence-corrected chi connectivity index (χ0v) is 14.4. The Kier molecular flexibility index (Phi) is 5.00. The third kappa shape index (κ3) is 3.35. The number of carbonyl (C=O) groups is 2. The van der Waals surface area contributed by atoms with Gasteiger partial charge in [0.1, 0.15) is 5.70 Å². The van der Waals surface area contributed by atoms with Gasteiger partial charge in [-0.3, -0.25) is 4.79 Å². The predicted octanol–water partition coefficient (Wildman–Crippen LogP) is 5.10. The van der Waals surface area contributed by atoms with Crippen molar-refractivity contribution in [2.24, 2.45) is 0 Å². The van der Waals surface area contributed by atoms with Crippen LogP contribution in [-0.2, 0) is 4.74 Å². The van der Waals surface area contributed by atoms with E-state index in [0.717, 1.165) is 5.56 Å². The summed E-state index contributed by atoms with van der Waals surface area (Å²) in [5, 5.41) is 0.332. The minimum Gasteiger partial charge on any atom is -0.449 e. The number of hydrogen-bond donors (Lipinski definition) is 0. The molecule has 3 rings (SSSR count). The van der Waals surface area contributed by atoms with Gasteiger partial charge < -0.3 is 4.74 Å². The molecule has 0 radical (unpaired) electrons. The molecule has 0 spiro atoms. The number of halogens is 1. The number of Topliss-reactive ketones (excluding diaryl/α,β-unsaturated/α-hetero) is 1. The van der Waals surface area contributed by atoms with Gasteiger partial charge in [0, 0.05) is 5.56 Å². The highest BCUT2D eigenvalue weighted by atomic mass is 35.5. The van der Waals surface area contributed by atoms with Crippen LogP contribution in [0.1, 0.15) is 22.8 Å². The predicted molar refractivity (Wildman–Crippen MR) is 98.8 cm³/mol. The van der Waals surface area contributed by atoms with Crippen LogP contribution in [0.5, 0.6) is 0 Å². The summed E-state index contributed by atoms with van der Waals surface area (Å²) in [6.45, 7) is 1.93. The van der Waals surface area contributed by atoms with Crippen LogP contribution in [0, 0.1) is 0 Å². The van der Waals surface area contributed by atoms with E-state index in [2.05, 4.69) is 0 Å². The molecule has 126 valence electrons. The molecule has 0 saturated carbocycles. The summed E-state index contributed by atoms with van der Waals surface area (Å²) in [4.78, 5) is 27.0. The number of rotatable bonds is 3. The van der Waals surface area contributed by atoms with Gasteiger partial charge in [-0.2, -0.15) is 0 Å². The molecule has 0 unspecified atom stereocenters. The van der Waals surface area contributed by atoms with Crippen LogP contribution in [-0.4, -0.2) is 18.5 Å². The highest BCUT2D eigenvalue weighted by molar-refractivity contribution is 6.35. The fourth-order valence-corrected chi connectivity index (χ4v) is 2.85. The largest absolute Gasteiger partial charge is 0.449 e. The van der Waals surface area contributed by atoms with Crippen molar-refractivity contribution in [3.8, 4) is 0 Å². The van der Waals surface area contributed by atoms with Crippen molar-refractivity contribution in [3.63, 3.8) is 0 Å². The van der Waals surface area contributed by atoms with Crippen LogP contribution >= 0.6 is 11.6 Å². The maximum absolute atomic E-state index is 13.1. The van der Waals surface area contributed by atoms with Gasteiger partial charge in [-0.15, -0.1) is 0 Å². The summed E-state index contributed by atoms with van der Waals surface area (Å²) >= 11 is 6.17. The molecular weight excluding hydrogens is 338 g/mol. The van der Waals surface area contributed by atoms with Crippen LogP contribution in [0.4, 0.5) is 10.5 Å². The van der Waals surface area contributed by atoms with E-state index >= 15 is 0 Å². The minimum absolute atomic E-state index is 0.188. The number of ketones is 1. The summed E-state index contributed by atoms with van der Waals surface area (Å²) in [5.41, 5.74) is 1.92. The van der Waals surface area contributed by atoms with Gasteiger partial charge >= 0.3 is 6.09 Å². The molecule has 0 aromatic heterocycles. The Hall–Kier alpha value is -2.85. The fraction of sp³-hybridized carbons (Fsp3) is 0.100. The molecule has 4 nitrogen and oxygen atoms in total. The molecule has 1 aliphatic heterocycles. The second-order valence-corrected chi connectivity index (χ2v) is 5.72. The van der Waals surface area contributed by atoms with Gasteiger partial charge in [0.25, 0.3) is 0 Å². The van der Waals surface area contributed by atoms with Gasteiger partial charge in [0.05, 0.1) is 17.3 Å². The Bertz CT molecular complexity index is 886. The van der Waals surface area contributed by atoms with E-state index < -0.39 is 6.09 Å². The summed E-state index contributed by atoms with van der Waals surface area (Å²) in [7, 11) is 0. The molecule has 2 aromatic rings. The van der Waals surface area contributed by atoms with Crippen LogP contribution in [0.3, 0.4) is 0 Å². The first-order valence-electron chi connectivity index (χ1n) is 7.87. The lowest BCUT2D eigenvalue weighted by atomic mass is 10.1. The molecule has 0 aliphatic carbocycles. The van der Waals surface area contributed by atoms with Gasteiger partial charge in [-0.1, -0.05) is 54.1 Å². The van der Waals surface area contributed by atoms with E-state index in [-0.39, 0.29) is 18.1 Å². The SMILES string of the molecule is CCOC(=O)N1C(C(=O)c2ccccc2Cl)=CC=Cc2ccccc21. The molecule has 25 heavy (non-hydrogen) atoms. The van der Waals surface area contributed by atoms with Gasteiger partial charge in [0.2, 0.25) is 5.78 Å². The summed E-state index contributed by atoms with van der Waals surface area (Å²) < 4.78 is 5.17. The van der Waals surface area contributed by atoms with Crippen molar-refractivity contribution in [1.29, 1.82) is 0 Å². The number of allylic oxidation sites excluding steroid dienone is 3. The summed E-state index contributed by atoms with van der Waals surface area (Å²) in [6.07, 6.45) is 4.57. The van der Waals surface area contributed by atoms with E-state index in [1.165, 1.54) is 4.90 Å².